The van der Waals surface area contributed by atoms with Gasteiger partial charge in [-0.05, 0) is 29.8 Å². The maximum atomic E-state index is 12.5. The lowest BCUT2D eigenvalue weighted by Crippen LogP contribution is -2.14. The van der Waals surface area contributed by atoms with Crippen LogP contribution >= 0.6 is 11.6 Å². The normalized spacial score (nSPS) is 11.2. The highest BCUT2D eigenvalue weighted by atomic mass is 35.5. The lowest BCUT2D eigenvalue weighted by Gasteiger charge is -2.13. The number of rotatable bonds is 5. The number of nitrogens with one attached hydrogen (secondary N) is 1. The van der Waals surface area contributed by atoms with Crippen molar-refractivity contribution in [1.82, 2.24) is 0 Å². The van der Waals surface area contributed by atoms with Gasteiger partial charge in [0.1, 0.15) is 10.6 Å². The Hall–Kier alpha value is -1.76. The molecule has 2 aromatic rings. The van der Waals surface area contributed by atoms with E-state index in [1.165, 1.54) is 19.2 Å². The number of methoxy groups -OCH3 is 1. The Morgan fingerprint density at radius 2 is 1.95 bits per heavy atom. The van der Waals surface area contributed by atoms with Crippen molar-refractivity contribution >= 4 is 27.3 Å². The summed E-state index contributed by atoms with van der Waals surface area (Å²) in [6, 6.07) is 11.0. The number of aliphatic hydroxyl groups is 1. The Labute approximate surface area is 128 Å². The predicted octanol–water partition coefficient (Wildman–Crippen LogP) is 2.64. The third-order valence-electron chi connectivity index (χ3n) is 2.82. The topological polar surface area (TPSA) is 75.6 Å². The van der Waals surface area contributed by atoms with Crippen molar-refractivity contribution in [2.45, 2.75) is 11.5 Å². The van der Waals surface area contributed by atoms with Crippen LogP contribution in [0.1, 0.15) is 5.56 Å². The molecule has 0 bridgehead atoms. The highest BCUT2D eigenvalue weighted by molar-refractivity contribution is 7.92. The minimum Gasteiger partial charge on any atom is -0.495 e. The fourth-order valence-electron chi connectivity index (χ4n) is 1.77. The Morgan fingerprint density at radius 1 is 1.24 bits per heavy atom. The fourth-order valence-corrected chi connectivity index (χ4v) is 3.31. The van der Waals surface area contributed by atoms with Gasteiger partial charge in [0.2, 0.25) is 0 Å². The summed E-state index contributed by atoms with van der Waals surface area (Å²) in [4.78, 5) is -0.0588. The second-order valence-corrected chi connectivity index (χ2v) is 6.29. The molecule has 21 heavy (non-hydrogen) atoms. The summed E-state index contributed by atoms with van der Waals surface area (Å²) in [6.07, 6.45) is 0. The molecule has 0 saturated heterocycles. The van der Waals surface area contributed by atoms with Crippen molar-refractivity contribution in [3.63, 3.8) is 0 Å². The van der Waals surface area contributed by atoms with Gasteiger partial charge in [0.05, 0.1) is 24.4 Å². The van der Waals surface area contributed by atoms with Crippen LogP contribution in [0.15, 0.2) is 47.4 Å². The van der Waals surface area contributed by atoms with E-state index in [2.05, 4.69) is 4.72 Å². The molecule has 0 spiro atoms. The molecule has 0 radical (unpaired) electrons. The van der Waals surface area contributed by atoms with E-state index in [4.69, 9.17) is 21.4 Å². The molecule has 0 aliphatic carbocycles. The second-order valence-electron chi connectivity index (χ2n) is 4.23. The van der Waals surface area contributed by atoms with E-state index in [1.54, 1.807) is 30.3 Å². The Morgan fingerprint density at radius 3 is 2.57 bits per heavy atom. The van der Waals surface area contributed by atoms with Crippen LogP contribution in [0.5, 0.6) is 5.75 Å². The third kappa shape index (κ3) is 3.47. The fraction of sp³-hybridized carbons (Fsp3) is 0.143. The molecule has 0 fully saturated rings. The highest BCUT2D eigenvalue weighted by Gasteiger charge is 2.21. The summed E-state index contributed by atoms with van der Waals surface area (Å²) >= 11 is 5.95. The van der Waals surface area contributed by atoms with E-state index in [9.17, 15) is 8.42 Å². The van der Waals surface area contributed by atoms with Gasteiger partial charge in [0.15, 0.2) is 0 Å². The maximum absolute atomic E-state index is 12.5. The van der Waals surface area contributed by atoms with Gasteiger partial charge in [-0.1, -0.05) is 29.8 Å². The van der Waals surface area contributed by atoms with Gasteiger partial charge in [-0.3, -0.25) is 4.72 Å². The number of benzene rings is 2. The van der Waals surface area contributed by atoms with Gasteiger partial charge >= 0.3 is 0 Å². The van der Waals surface area contributed by atoms with Crippen LogP contribution in [0.25, 0.3) is 0 Å². The molecule has 0 amide bonds. The number of anilines is 1. The van der Waals surface area contributed by atoms with Crippen molar-refractivity contribution in [3.05, 3.63) is 53.1 Å². The zero-order valence-corrected chi connectivity index (χ0v) is 12.8. The van der Waals surface area contributed by atoms with Crippen LogP contribution in [0.4, 0.5) is 5.69 Å². The average Bonchev–Trinajstić information content (AvgIpc) is 2.48. The monoisotopic (exact) mass is 327 g/mol. The molecule has 0 aromatic heterocycles. The van der Waals surface area contributed by atoms with Crippen molar-refractivity contribution in [2.24, 2.45) is 0 Å². The minimum absolute atomic E-state index is 0.0588. The first-order chi connectivity index (χ1) is 9.97. The molecule has 0 heterocycles. The van der Waals surface area contributed by atoms with E-state index >= 15 is 0 Å². The van der Waals surface area contributed by atoms with E-state index in [0.29, 0.717) is 10.6 Å². The lowest BCUT2D eigenvalue weighted by molar-refractivity contribution is 0.281. The molecule has 5 nitrogen and oxygen atoms in total. The van der Waals surface area contributed by atoms with Gasteiger partial charge < -0.3 is 9.84 Å². The first kappa shape index (κ1) is 15.6. The van der Waals surface area contributed by atoms with E-state index in [-0.39, 0.29) is 22.9 Å². The molecular formula is C14H14ClNO4S. The van der Waals surface area contributed by atoms with E-state index in [0.717, 1.165) is 0 Å². The molecule has 2 aromatic carbocycles. The zero-order chi connectivity index (χ0) is 15.5. The summed E-state index contributed by atoms with van der Waals surface area (Å²) in [6.45, 7) is -0.265. The SMILES string of the molecule is COc1ccc(CO)cc1S(=O)(=O)Nc1ccccc1Cl. The van der Waals surface area contributed by atoms with Crippen LogP contribution < -0.4 is 9.46 Å². The van der Waals surface area contributed by atoms with E-state index in [1.807, 2.05) is 0 Å². The molecule has 112 valence electrons. The van der Waals surface area contributed by atoms with Crippen LogP contribution in [-0.4, -0.2) is 20.6 Å². The van der Waals surface area contributed by atoms with Gasteiger partial charge in [-0.2, -0.15) is 0 Å². The van der Waals surface area contributed by atoms with Gasteiger partial charge in [0, 0.05) is 0 Å². The zero-order valence-electron chi connectivity index (χ0n) is 11.2. The lowest BCUT2D eigenvalue weighted by atomic mass is 10.2. The minimum atomic E-state index is -3.88. The molecule has 0 unspecified atom stereocenters. The first-order valence-electron chi connectivity index (χ1n) is 6.03. The summed E-state index contributed by atoms with van der Waals surface area (Å²) in [5, 5.41) is 9.44. The van der Waals surface area contributed by atoms with Gasteiger partial charge in [0.25, 0.3) is 10.0 Å². The summed E-state index contributed by atoms with van der Waals surface area (Å²) in [7, 11) is -2.50. The molecule has 2 N–H and O–H groups in total. The molecule has 7 heteroatoms. The molecule has 0 aliphatic heterocycles. The summed E-state index contributed by atoms with van der Waals surface area (Å²) in [5.74, 6) is 0.187. The third-order valence-corrected chi connectivity index (χ3v) is 4.53. The Bertz CT molecular complexity index is 746. The number of para-hydroxylation sites is 1. The number of sulfonamides is 1. The van der Waals surface area contributed by atoms with Crippen molar-refractivity contribution in [1.29, 1.82) is 0 Å². The van der Waals surface area contributed by atoms with Gasteiger partial charge in [-0.15, -0.1) is 0 Å². The maximum Gasteiger partial charge on any atom is 0.265 e. The number of hydrogen-bond acceptors (Lipinski definition) is 4. The van der Waals surface area contributed by atoms with Crippen molar-refractivity contribution in [2.75, 3.05) is 11.8 Å². The average molecular weight is 328 g/mol. The number of aliphatic hydroxyl groups excluding tert-OH is 1. The highest BCUT2D eigenvalue weighted by Crippen LogP contribution is 2.29. The molecular weight excluding hydrogens is 314 g/mol. The van der Waals surface area contributed by atoms with Crippen LogP contribution in [-0.2, 0) is 16.6 Å². The molecule has 0 saturated carbocycles. The second kappa shape index (κ2) is 6.34. The van der Waals surface area contributed by atoms with E-state index < -0.39 is 10.0 Å². The number of hydrogen-bond donors (Lipinski definition) is 2. The Balaban J connectivity index is 2.46. The largest absolute Gasteiger partial charge is 0.495 e. The molecule has 0 aliphatic rings. The summed E-state index contributed by atoms with van der Waals surface area (Å²) in [5.41, 5.74) is 0.742. The quantitative estimate of drug-likeness (QED) is 0.885. The van der Waals surface area contributed by atoms with Gasteiger partial charge in [-0.25, -0.2) is 8.42 Å². The summed E-state index contributed by atoms with van der Waals surface area (Å²) < 4.78 is 32.4. The number of halogens is 1. The molecule has 0 atom stereocenters. The first-order valence-corrected chi connectivity index (χ1v) is 7.89. The standard InChI is InChI=1S/C14H14ClNO4S/c1-20-13-7-6-10(9-17)8-14(13)21(18,19)16-12-5-3-2-4-11(12)15/h2-8,16-17H,9H2,1H3. The van der Waals surface area contributed by atoms with Crippen molar-refractivity contribution in [3.8, 4) is 5.75 Å². The Kier molecular flexibility index (Phi) is 4.72. The van der Waals surface area contributed by atoms with Crippen LogP contribution in [0.2, 0.25) is 5.02 Å². The van der Waals surface area contributed by atoms with Crippen molar-refractivity contribution < 1.29 is 18.3 Å². The smallest absolute Gasteiger partial charge is 0.265 e. The van der Waals surface area contributed by atoms with Crippen LogP contribution in [0.3, 0.4) is 0 Å². The van der Waals surface area contributed by atoms with Crippen LogP contribution in [0, 0.1) is 0 Å². The molecule has 2 rings (SSSR count). The number of ether oxygens (including phenoxy) is 1. The predicted molar refractivity (Wildman–Crippen MR) is 81.2 cm³/mol.